The summed E-state index contributed by atoms with van der Waals surface area (Å²) in [7, 11) is 0. The lowest BCUT2D eigenvalue weighted by Gasteiger charge is -2.22. The van der Waals surface area contributed by atoms with Gasteiger partial charge in [0.2, 0.25) is 0 Å². The standard InChI is InChI=1S/C14H19N/c1-11-9-13-7-8-14(11)15(13)10-12-5-3-2-4-6-12/h2-6,11,13-14H,7-10H2,1H3/t11?,13-,14+/m0/s1/i1D. The Morgan fingerprint density at radius 2 is 2.20 bits per heavy atom. The summed E-state index contributed by atoms with van der Waals surface area (Å²) in [5.74, 6) is 0.641. The van der Waals surface area contributed by atoms with Gasteiger partial charge in [-0.1, -0.05) is 37.2 Å². The van der Waals surface area contributed by atoms with Crippen LogP contribution in [0.15, 0.2) is 30.3 Å². The minimum absolute atomic E-state index is 0.618. The van der Waals surface area contributed by atoms with Crippen LogP contribution in [0.25, 0.3) is 0 Å². The molecule has 0 N–H and O–H groups in total. The van der Waals surface area contributed by atoms with E-state index in [0.717, 1.165) is 12.6 Å². The van der Waals surface area contributed by atoms with Gasteiger partial charge in [-0.15, -0.1) is 0 Å². The predicted molar refractivity (Wildman–Crippen MR) is 62.6 cm³/mol. The maximum atomic E-state index is 7.60. The van der Waals surface area contributed by atoms with Crippen molar-refractivity contribution in [3.63, 3.8) is 0 Å². The largest absolute Gasteiger partial charge is 0.293 e. The summed E-state index contributed by atoms with van der Waals surface area (Å²) < 4.78 is 7.60. The molecular formula is C14H19N. The van der Waals surface area contributed by atoms with E-state index in [1.807, 2.05) is 0 Å². The van der Waals surface area contributed by atoms with Gasteiger partial charge < -0.3 is 0 Å². The van der Waals surface area contributed by atoms with Gasteiger partial charge in [0, 0.05) is 20.0 Å². The van der Waals surface area contributed by atoms with Crippen molar-refractivity contribution in [1.29, 1.82) is 0 Å². The van der Waals surface area contributed by atoms with E-state index in [1.165, 1.54) is 24.8 Å². The highest BCUT2D eigenvalue weighted by atomic mass is 15.2. The molecule has 0 radical (unpaired) electrons. The average Bonchev–Trinajstić information content (AvgIpc) is 2.87. The average molecular weight is 202 g/mol. The summed E-state index contributed by atoms with van der Waals surface area (Å²) in [6.45, 7) is 1.71. The zero-order chi connectivity index (χ0) is 11.0. The van der Waals surface area contributed by atoms with Gasteiger partial charge in [0.25, 0.3) is 0 Å². The first-order valence-electron chi connectivity index (χ1n) is 6.68. The second-order valence-electron chi connectivity index (χ2n) is 4.95. The molecule has 1 heteroatoms. The van der Waals surface area contributed by atoms with E-state index < -0.39 is 0 Å². The summed E-state index contributed by atoms with van der Waals surface area (Å²) in [6, 6.07) is 12.2. The van der Waals surface area contributed by atoms with Crippen LogP contribution in [0.4, 0.5) is 0 Å². The fraction of sp³-hybridized carbons (Fsp3) is 0.571. The van der Waals surface area contributed by atoms with Crippen molar-refractivity contribution in [1.82, 2.24) is 4.90 Å². The summed E-state index contributed by atoms with van der Waals surface area (Å²) in [5.41, 5.74) is 1.42. The molecular weight excluding hydrogens is 182 g/mol. The lowest BCUT2D eigenvalue weighted by atomic mass is 9.91. The van der Waals surface area contributed by atoms with Crippen molar-refractivity contribution in [2.75, 3.05) is 0 Å². The maximum absolute atomic E-state index is 7.60. The molecule has 3 rings (SSSR count). The van der Waals surface area contributed by atoms with Crippen molar-refractivity contribution in [3.8, 4) is 0 Å². The first kappa shape index (κ1) is 8.35. The number of benzene rings is 1. The Morgan fingerprint density at radius 3 is 2.93 bits per heavy atom. The molecule has 1 unspecified atom stereocenters. The summed E-state index contributed by atoms with van der Waals surface area (Å²) in [4.78, 5) is 2.65. The molecule has 80 valence electrons. The van der Waals surface area contributed by atoms with Gasteiger partial charge in [0.15, 0.2) is 0 Å². The molecule has 0 amide bonds. The molecule has 0 saturated carbocycles. The Hall–Kier alpha value is -0.820. The molecule has 0 spiro atoms. The quantitative estimate of drug-likeness (QED) is 0.712. The molecule has 15 heavy (non-hydrogen) atoms. The lowest BCUT2D eigenvalue weighted by Crippen LogP contribution is -2.29. The molecule has 2 aliphatic rings. The molecule has 3 atom stereocenters. The van der Waals surface area contributed by atoms with E-state index in [0.29, 0.717) is 18.9 Å². The number of rotatable bonds is 2. The monoisotopic (exact) mass is 202 g/mol. The number of nitrogens with zero attached hydrogens (tertiary/aromatic N) is 1. The molecule has 2 fully saturated rings. The highest BCUT2D eigenvalue weighted by Gasteiger charge is 2.43. The Balaban J connectivity index is 1.73. The number of fused-ring (bicyclic) bond motifs is 2. The fourth-order valence-electron chi connectivity index (χ4n) is 3.27. The second-order valence-corrected chi connectivity index (χ2v) is 4.95. The highest BCUT2D eigenvalue weighted by Crippen LogP contribution is 2.42. The first-order valence-corrected chi connectivity index (χ1v) is 5.97. The van der Waals surface area contributed by atoms with E-state index in [1.54, 1.807) is 0 Å². The van der Waals surface area contributed by atoms with Crippen LogP contribution in [0, 0.1) is 5.92 Å². The Labute approximate surface area is 93.5 Å². The maximum Gasteiger partial charge on any atom is 0.0239 e. The second kappa shape index (κ2) is 3.64. The van der Waals surface area contributed by atoms with Crippen LogP contribution in [0.5, 0.6) is 0 Å². The van der Waals surface area contributed by atoms with E-state index in [4.69, 9.17) is 1.37 Å². The van der Waals surface area contributed by atoms with Gasteiger partial charge in [0.1, 0.15) is 0 Å². The molecule has 1 aromatic rings. The van der Waals surface area contributed by atoms with Crippen LogP contribution in [0.1, 0.15) is 33.1 Å². The van der Waals surface area contributed by atoms with Crippen molar-refractivity contribution < 1.29 is 1.37 Å². The summed E-state index contributed by atoms with van der Waals surface area (Å²) >= 11 is 0. The third-order valence-electron chi connectivity index (χ3n) is 4.02. The van der Waals surface area contributed by atoms with Crippen molar-refractivity contribution in [3.05, 3.63) is 35.9 Å². The summed E-state index contributed by atoms with van der Waals surface area (Å²) in [5, 5.41) is 0. The van der Waals surface area contributed by atoms with Crippen LogP contribution in [0.2, 0.25) is 0 Å². The molecule has 2 bridgehead atoms. The van der Waals surface area contributed by atoms with Gasteiger partial charge in [-0.25, -0.2) is 0 Å². The fourth-order valence-corrected chi connectivity index (χ4v) is 3.27. The third-order valence-corrected chi connectivity index (χ3v) is 4.02. The summed E-state index contributed by atoms with van der Waals surface area (Å²) in [6.07, 6.45) is 3.94. The van der Waals surface area contributed by atoms with Gasteiger partial charge in [0.05, 0.1) is 0 Å². The van der Waals surface area contributed by atoms with Crippen LogP contribution in [-0.2, 0) is 6.54 Å². The molecule has 2 saturated heterocycles. The normalized spacial score (nSPS) is 35.7. The third kappa shape index (κ3) is 1.59. The van der Waals surface area contributed by atoms with E-state index in [2.05, 4.69) is 35.2 Å². The van der Waals surface area contributed by atoms with Gasteiger partial charge in [-0.05, 0) is 30.7 Å². The smallest absolute Gasteiger partial charge is 0.0239 e. The van der Waals surface area contributed by atoms with Crippen molar-refractivity contribution in [2.45, 2.75) is 44.8 Å². The lowest BCUT2D eigenvalue weighted by molar-refractivity contribution is 0.231. The zero-order valence-electron chi connectivity index (χ0n) is 10.1. The molecule has 2 heterocycles. The van der Waals surface area contributed by atoms with E-state index >= 15 is 0 Å². The Bertz CT molecular complexity index is 351. The predicted octanol–water partition coefficient (Wildman–Crippen LogP) is 3.06. The minimum atomic E-state index is 0.618. The van der Waals surface area contributed by atoms with Gasteiger partial charge in [-0.2, -0.15) is 0 Å². The Kier molecular flexibility index (Phi) is 2.02. The number of hydrogen-bond donors (Lipinski definition) is 0. The molecule has 1 nitrogen and oxygen atoms in total. The van der Waals surface area contributed by atoms with Crippen molar-refractivity contribution in [2.24, 2.45) is 5.92 Å². The van der Waals surface area contributed by atoms with Crippen LogP contribution < -0.4 is 0 Å². The number of hydrogen-bond acceptors (Lipinski definition) is 1. The Morgan fingerprint density at radius 1 is 1.33 bits per heavy atom. The van der Waals surface area contributed by atoms with E-state index in [9.17, 15) is 0 Å². The van der Waals surface area contributed by atoms with Crippen LogP contribution >= 0.6 is 0 Å². The topological polar surface area (TPSA) is 3.24 Å². The zero-order valence-corrected chi connectivity index (χ0v) is 9.10. The molecule has 2 aliphatic heterocycles. The van der Waals surface area contributed by atoms with Crippen LogP contribution in [0.3, 0.4) is 0 Å². The molecule has 1 aromatic carbocycles. The highest BCUT2D eigenvalue weighted by molar-refractivity contribution is 5.16. The van der Waals surface area contributed by atoms with Crippen LogP contribution in [-0.4, -0.2) is 17.0 Å². The van der Waals surface area contributed by atoms with Gasteiger partial charge in [-0.3, -0.25) is 4.90 Å². The molecule has 0 aliphatic carbocycles. The first-order chi connectivity index (χ1) is 7.88. The van der Waals surface area contributed by atoms with Gasteiger partial charge >= 0.3 is 0 Å². The molecule has 0 aromatic heterocycles. The SMILES string of the molecule is [2H]CC1C[C@@H]2CC[C@H]1N2Cc1ccccc1. The minimum Gasteiger partial charge on any atom is -0.293 e. The van der Waals surface area contributed by atoms with E-state index in [-0.39, 0.29) is 0 Å². The van der Waals surface area contributed by atoms with Crippen molar-refractivity contribution >= 4 is 0 Å².